The highest BCUT2D eigenvalue weighted by Gasteiger charge is 2.63. The SMILES string of the molecule is CCOC(=O)C(C(=O)OCC)=C1CCCC1C(C(=O)OCC)(C(=O)OCC)S(=O)c1ccccc1. The van der Waals surface area contributed by atoms with Crippen molar-refractivity contribution >= 4 is 34.7 Å². The molecule has 2 atom stereocenters. The van der Waals surface area contributed by atoms with E-state index in [-0.39, 0.29) is 55.3 Å². The molecule has 1 aromatic rings. The summed E-state index contributed by atoms with van der Waals surface area (Å²) >= 11 is 0. The van der Waals surface area contributed by atoms with Gasteiger partial charge >= 0.3 is 23.9 Å². The van der Waals surface area contributed by atoms with Gasteiger partial charge in [0.15, 0.2) is 0 Å². The summed E-state index contributed by atoms with van der Waals surface area (Å²) in [5.74, 6) is -5.07. The topological polar surface area (TPSA) is 122 Å². The van der Waals surface area contributed by atoms with E-state index in [2.05, 4.69) is 0 Å². The summed E-state index contributed by atoms with van der Waals surface area (Å²) in [6, 6.07) is 8.01. The van der Waals surface area contributed by atoms with Crippen molar-refractivity contribution in [1.29, 1.82) is 0 Å². The van der Waals surface area contributed by atoms with Gasteiger partial charge in [-0.15, -0.1) is 0 Å². The normalized spacial score (nSPS) is 16.2. The third kappa shape index (κ3) is 5.80. The minimum absolute atomic E-state index is 0.00345. The van der Waals surface area contributed by atoms with Crippen LogP contribution in [0.4, 0.5) is 0 Å². The molecule has 2 rings (SSSR count). The molecule has 0 spiro atoms. The van der Waals surface area contributed by atoms with E-state index in [1.807, 2.05) is 0 Å². The minimum atomic E-state index is -2.34. The van der Waals surface area contributed by atoms with E-state index in [0.717, 1.165) is 0 Å². The molecule has 0 saturated heterocycles. The summed E-state index contributed by atoms with van der Waals surface area (Å²) in [6.07, 6.45) is 0.812. The Morgan fingerprint density at radius 1 is 0.829 bits per heavy atom. The zero-order valence-corrected chi connectivity index (χ0v) is 21.3. The van der Waals surface area contributed by atoms with Crippen LogP contribution in [0.2, 0.25) is 0 Å². The van der Waals surface area contributed by atoms with Crippen molar-refractivity contribution in [2.24, 2.45) is 5.92 Å². The third-order valence-electron chi connectivity index (χ3n) is 5.54. The lowest BCUT2D eigenvalue weighted by Gasteiger charge is -2.34. The van der Waals surface area contributed by atoms with Gasteiger partial charge in [-0.3, -0.25) is 4.21 Å². The standard InChI is InChI=1S/C25H32O9S/c1-5-31-21(26)20(22(27)32-6-2)18-15-12-16-19(18)25(23(28)33-7-3,24(29)34-8-4)35(30)17-13-10-9-11-14-17/h9-11,13-14,19H,5-8,12,15-16H2,1-4H3. The molecule has 1 aliphatic rings. The maximum Gasteiger partial charge on any atom is 0.345 e. The predicted octanol–water partition coefficient (Wildman–Crippen LogP) is 2.88. The fourth-order valence-corrected chi connectivity index (χ4v) is 5.92. The van der Waals surface area contributed by atoms with Crippen LogP contribution >= 0.6 is 0 Å². The average Bonchev–Trinajstić information content (AvgIpc) is 3.30. The first-order valence-electron chi connectivity index (χ1n) is 11.7. The molecule has 2 unspecified atom stereocenters. The van der Waals surface area contributed by atoms with Gasteiger partial charge < -0.3 is 18.9 Å². The molecule has 0 bridgehead atoms. The number of esters is 4. The zero-order chi connectivity index (χ0) is 26.0. The molecule has 1 saturated carbocycles. The molecule has 10 heteroatoms. The number of carbonyl (C=O) groups excluding carboxylic acids is 4. The van der Waals surface area contributed by atoms with Crippen molar-refractivity contribution in [2.45, 2.75) is 56.6 Å². The monoisotopic (exact) mass is 508 g/mol. The molecular weight excluding hydrogens is 476 g/mol. The summed E-state index contributed by atoms with van der Waals surface area (Å²) < 4.78 is 32.5. The molecule has 1 aromatic carbocycles. The second kappa shape index (κ2) is 13.2. The number of hydrogen-bond donors (Lipinski definition) is 0. The van der Waals surface area contributed by atoms with E-state index < -0.39 is 45.3 Å². The lowest BCUT2D eigenvalue weighted by atomic mass is 9.84. The molecule has 192 valence electrons. The van der Waals surface area contributed by atoms with Crippen molar-refractivity contribution in [3.8, 4) is 0 Å². The number of benzene rings is 1. The van der Waals surface area contributed by atoms with Gasteiger partial charge in [-0.2, -0.15) is 0 Å². The van der Waals surface area contributed by atoms with E-state index in [0.29, 0.717) is 6.42 Å². The smallest absolute Gasteiger partial charge is 0.345 e. The van der Waals surface area contributed by atoms with Crippen LogP contribution < -0.4 is 0 Å². The van der Waals surface area contributed by atoms with Crippen LogP contribution in [0.3, 0.4) is 0 Å². The Balaban J connectivity index is 2.89. The fourth-order valence-electron chi connectivity index (χ4n) is 4.20. The van der Waals surface area contributed by atoms with Crippen LogP contribution in [0.15, 0.2) is 46.4 Å². The first-order valence-corrected chi connectivity index (χ1v) is 12.8. The molecule has 0 heterocycles. The Bertz CT molecular complexity index is 946. The van der Waals surface area contributed by atoms with Crippen molar-refractivity contribution in [3.05, 3.63) is 41.5 Å². The molecule has 0 radical (unpaired) electrons. The zero-order valence-electron chi connectivity index (χ0n) is 20.5. The van der Waals surface area contributed by atoms with Gasteiger partial charge in [0.05, 0.1) is 37.2 Å². The van der Waals surface area contributed by atoms with Crippen LogP contribution in [0.5, 0.6) is 0 Å². The van der Waals surface area contributed by atoms with Crippen molar-refractivity contribution < 1.29 is 42.3 Å². The van der Waals surface area contributed by atoms with Gasteiger partial charge in [-0.1, -0.05) is 18.2 Å². The first-order chi connectivity index (χ1) is 16.8. The van der Waals surface area contributed by atoms with Crippen LogP contribution in [0.25, 0.3) is 0 Å². The van der Waals surface area contributed by atoms with E-state index in [9.17, 15) is 23.4 Å². The molecule has 9 nitrogen and oxygen atoms in total. The Labute approximate surface area is 207 Å². The quantitative estimate of drug-likeness (QED) is 0.146. The summed E-state index contributed by atoms with van der Waals surface area (Å²) in [5.41, 5.74) is -0.216. The van der Waals surface area contributed by atoms with Crippen LogP contribution in [0, 0.1) is 5.92 Å². The largest absolute Gasteiger partial charge is 0.464 e. The fraction of sp³-hybridized carbons (Fsp3) is 0.520. The van der Waals surface area contributed by atoms with Crippen LogP contribution in [-0.2, 0) is 48.9 Å². The van der Waals surface area contributed by atoms with Crippen molar-refractivity contribution in [2.75, 3.05) is 26.4 Å². The number of carbonyl (C=O) groups is 4. The number of allylic oxidation sites excluding steroid dienone is 1. The Hall–Kier alpha value is -3.01. The van der Waals surface area contributed by atoms with Gasteiger partial charge in [-0.05, 0) is 64.7 Å². The first kappa shape index (κ1) is 28.2. The molecule has 1 aliphatic carbocycles. The maximum absolute atomic E-state index is 14.1. The van der Waals surface area contributed by atoms with E-state index in [4.69, 9.17) is 18.9 Å². The average molecular weight is 509 g/mol. The maximum atomic E-state index is 14.1. The molecule has 0 aliphatic heterocycles. The number of hydrogen-bond acceptors (Lipinski definition) is 9. The van der Waals surface area contributed by atoms with Gasteiger partial charge in [0, 0.05) is 10.8 Å². The Morgan fingerprint density at radius 3 is 1.77 bits per heavy atom. The lowest BCUT2D eigenvalue weighted by molar-refractivity contribution is -0.161. The highest BCUT2D eigenvalue weighted by atomic mass is 32.2. The molecular formula is C25H32O9S. The summed E-state index contributed by atoms with van der Waals surface area (Å²) in [6.45, 7) is 6.13. The third-order valence-corrected chi connectivity index (χ3v) is 7.44. The lowest BCUT2D eigenvalue weighted by Crippen LogP contribution is -2.57. The summed E-state index contributed by atoms with van der Waals surface area (Å²) in [5, 5.41) is 0. The molecule has 0 amide bonds. The van der Waals surface area contributed by atoms with E-state index >= 15 is 0 Å². The number of rotatable bonds is 11. The second-order valence-electron chi connectivity index (χ2n) is 7.54. The Kier molecular flexibility index (Phi) is 10.6. The molecule has 1 fully saturated rings. The van der Waals surface area contributed by atoms with Crippen LogP contribution in [0.1, 0.15) is 47.0 Å². The van der Waals surface area contributed by atoms with E-state index in [1.165, 1.54) is 12.1 Å². The number of ether oxygens (including phenoxy) is 4. The van der Waals surface area contributed by atoms with Gasteiger partial charge in [-0.25, -0.2) is 19.2 Å². The Morgan fingerprint density at radius 2 is 1.31 bits per heavy atom. The second-order valence-corrected chi connectivity index (χ2v) is 9.20. The van der Waals surface area contributed by atoms with Crippen molar-refractivity contribution in [1.82, 2.24) is 0 Å². The molecule has 0 N–H and O–H groups in total. The predicted molar refractivity (Wildman–Crippen MR) is 126 cm³/mol. The minimum Gasteiger partial charge on any atom is -0.464 e. The van der Waals surface area contributed by atoms with Gasteiger partial charge in [0.2, 0.25) is 4.75 Å². The molecule has 35 heavy (non-hydrogen) atoms. The van der Waals surface area contributed by atoms with Gasteiger partial charge in [0.25, 0.3) is 0 Å². The summed E-state index contributed by atoms with van der Waals surface area (Å²) in [4.78, 5) is 53.1. The highest BCUT2D eigenvalue weighted by Crippen LogP contribution is 2.46. The molecule has 0 aromatic heterocycles. The van der Waals surface area contributed by atoms with Gasteiger partial charge in [0.1, 0.15) is 5.57 Å². The highest BCUT2D eigenvalue weighted by molar-refractivity contribution is 7.88. The van der Waals surface area contributed by atoms with E-state index in [1.54, 1.807) is 45.9 Å². The van der Waals surface area contributed by atoms with Crippen LogP contribution in [-0.4, -0.2) is 59.3 Å². The summed E-state index contributed by atoms with van der Waals surface area (Å²) in [7, 11) is -2.29. The van der Waals surface area contributed by atoms with Crippen molar-refractivity contribution in [3.63, 3.8) is 0 Å².